The van der Waals surface area contributed by atoms with Crippen LogP contribution in [0.25, 0.3) is 0 Å². The molecule has 22 heteroatoms. The van der Waals surface area contributed by atoms with E-state index >= 15 is 9.59 Å². The van der Waals surface area contributed by atoms with E-state index in [1.54, 1.807) is 12.4 Å². The van der Waals surface area contributed by atoms with Gasteiger partial charge >= 0.3 is 520 Å². The molecule has 0 aliphatic carbocycles. The number of cyclic esters (lactones) is 4. The number of likely N-dealkylation sites (N-methyl/N-ethyl adjacent to an activating group) is 4. The van der Waals surface area contributed by atoms with Gasteiger partial charge in [-0.05, 0) is 0 Å². The fourth-order valence-electron chi connectivity index (χ4n) is 9.70. The van der Waals surface area contributed by atoms with Gasteiger partial charge in [-0.3, -0.25) is 0 Å². The Morgan fingerprint density at radius 1 is 0.429 bits per heavy atom. The average molecular weight is 1390 g/mol. The molecule has 20 nitrogen and oxygen atoms in total. The molecule has 0 radical (unpaired) electrons. The van der Waals surface area contributed by atoms with Crippen molar-refractivity contribution < 1.29 is 99.7 Å². The zero-order valence-electron chi connectivity index (χ0n) is 52.1. The predicted octanol–water partition coefficient (Wildman–Crippen LogP) is 0.972. The van der Waals surface area contributed by atoms with Crippen LogP contribution in [0.5, 0.6) is 0 Å². The second kappa shape index (κ2) is 29.9. The Labute approximate surface area is 516 Å². The normalized spacial score (nSPS) is 23.2. The van der Waals surface area contributed by atoms with Gasteiger partial charge in [0.05, 0.1) is 0 Å². The number of ether oxygens (including phenoxy) is 4. The third-order valence-electron chi connectivity index (χ3n) is 14.9. The van der Waals surface area contributed by atoms with Crippen molar-refractivity contribution >= 4 is 47.5 Å². The van der Waals surface area contributed by atoms with Crippen LogP contribution in [0.2, 0.25) is 0 Å². The molecule has 8 atom stereocenters. The Hall–Kier alpha value is -5.92. The Kier molecular flexibility index (Phi) is 24.5. The van der Waals surface area contributed by atoms with Crippen molar-refractivity contribution in [2.24, 2.45) is 23.7 Å². The number of hydrogen-bond acceptors (Lipinski definition) is 14. The van der Waals surface area contributed by atoms with E-state index in [9.17, 15) is 28.8 Å². The molecule has 4 amide bonds. The number of halogens is 2. The number of nitrogens with zero attached hydrogens (tertiary/aromatic N) is 8. The minimum atomic E-state index is -1.55. The van der Waals surface area contributed by atoms with Crippen LogP contribution < -0.4 is 42.4 Å². The topological polar surface area (TPSA) is 222 Å². The van der Waals surface area contributed by atoms with Crippen LogP contribution in [0.3, 0.4) is 0 Å². The van der Waals surface area contributed by atoms with Crippen LogP contribution in [0.4, 0.5) is 0 Å². The minimum absolute atomic E-state index is 0.0932. The van der Waals surface area contributed by atoms with Gasteiger partial charge in [-0.25, -0.2) is 0 Å². The molecule has 1 aliphatic rings. The number of carbonyl (C=O) groups is 8. The zero-order chi connectivity index (χ0) is 62.7. The molecule has 0 bridgehead atoms. The van der Waals surface area contributed by atoms with E-state index in [1.807, 2.05) is 166 Å². The van der Waals surface area contributed by atoms with Crippen molar-refractivity contribution in [1.29, 1.82) is 0 Å². The Morgan fingerprint density at radius 2 is 0.690 bits per heavy atom. The van der Waals surface area contributed by atoms with E-state index in [0.717, 1.165) is 28.1 Å². The van der Waals surface area contributed by atoms with Crippen LogP contribution in [0.15, 0.2) is 85.5 Å². The van der Waals surface area contributed by atoms with Crippen LogP contribution in [0.1, 0.15) is 134 Å². The Balaban J connectivity index is 1.61. The summed E-state index contributed by atoms with van der Waals surface area (Å²) in [6, 6.07) is 13.8. The summed E-state index contributed by atoms with van der Waals surface area (Å²) < 4.78 is 26.7. The first-order valence-electron chi connectivity index (χ1n) is 28.6. The van der Waals surface area contributed by atoms with E-state index in [2.05, 4.69) is 10.2 Å². The van der Waals surface area contributed by atoms with Gasteiger partial charge in [0.1, 0.15) is 0 Å². The van der Waals surface area contributed by atoms with Crippen molar-refractivity contribution in [3.8, 4) is 0 Å². The second-order valence-electron chi connectivity index (χ2n) is 24.3. The summed E-state index contributed by atoms with van der Waals surface area (Å²) in [4.78, 5) is 123. The molecule has 1 saturated heterocycles. The quantitative estimate of drug-likeness (QED) is 0.0661. The molecule has 3 heterocycles. The number of hydrogen-bond donors (Lipinski definition) is 0. The van der Waals surface area contributed by atoms with Gasteiger partial charge in [0.2, 0.25) is 0 Å². The zero-order valence-corrected chi connectivity index (χ0v) is 56.4. The van der Waals surface area contributed by atoms with Crippen LogP contribution in [-0.4, -0.2) is 159 Å². The molecule has 1 fully saturated rings. The van der Waals surface area contributed by atoms with Crippen LogP contribution in [0, 0.1) is 30.8 Å². The van der Waals surface area contributed by atoms with E-state index < -0.39 is 146 Å². The molecule has 0 unspecified atom stereocenters. The standard InChI is InChI=1S/C62H88I2N8O12/c1-37(2)33-47-57(77)81-41(9)53(73)67(15)50(36-40(7)8)60(80)84-52(64-46-27-23-44(24-28-46)62(13,14)72-32-20-30-66-72)56(76)70(18)48(34-38(3)4)58(78)82-42(10)54(74)68(16)49(35-39(5)6)59(79)83-51(55(75)69(47)17)63-45-25-21-43(22-26-45)61(11,12)71-31-19-29-65-71/h19-32,37-42,47-52H,33-36H2,1-18H3/q-2/t41-,42-,47+,48+,49+,50+,51+,52+/m1/s1. The van der Waals surface area contributed by atoms with Gasteiger partial charge in [0, 0.05) is 0 Å². The summed E-state index contributed by atoms with van der Waals surface area (Å²) in [7, 11) is 5.65. The molecule has 1 aliphatic heterocycles. The number of aromatic nitrogens is 4. The molecule has 84 heavy (non-hydrogen) atoms. The monoisotopic (exact) mass is 1390 g/mol. The first kappa shape index (κ1) is 68.9. The van der Waals surface area contributed by atoms with Crippen LogP contribution in [-0.2, 0) is 68.4 Å². The van der Waals surface area contributed by atoms with Crippen molar-refractivity contribution in [1.82, 2.24) is 39.2 Å². The molecule has 4 aromatic rings. The summed E-state index contributed by atoms with van der Waals surface area (Å²) >= 11 is -3.09. The van der Waals surface area contributed by atoms with Gasteiger partial charge < -0.3 is 0 Å². The predicted molar refractivity (Wildman–Crippen MR) is 307 cm³/mol. The SMILES string of the molecule is CC(C)C[C@H]1C(=O)O[C@H](C)C(=O)N(C)[C@@H](CC(C)C)C(=O)O[C@H]([I-]c2ccc(C(C)(C)n3cccn3)cc2)C(=O)N(C)[C@@H](CC(C)C)C(=O)O[C@H](C)C(=O)N(C)[C@@H](CC(C)C)C(=O)O[C@H]([I-]c2ccc(C(C)(C)n3cccn3)cc2)C(=O)N1C. The first-order chi connectivity index (χ1) is 39.3. The Morgan fingerprint density at radius 3 is 0.940 bits per heavy atom. The van der Waals surface area contributed by atoms with E-state index in [-0.39, 0.29) is 49.4 Å². The van der Waals surface area contributed by atoms with Gasteiger partial charge in [0.15, 0.2) is 0 Å². The molecule has 0 spiro atoms. The Bertz CT molecular complexity index is 2670. The number of amides is 4. The molecule has 0 N–H and O–H groups in total. The molecular weight excluding hydrogens is 1300 g/mol. The second-order valence-corrected chi connectivity index (χ2v) is 30.3. The van der Waals surface area contributed by atoms with Crippen molar-refractivity contribution in [2.75, 3.05) is 28.2 Å². The van der Waals surface area contributed by atoms with Crippen molar-refractivity contribution in [3.05, 3.63) is 104 Å². The maximum atomic E-state index is 15.1. The number of carbonyl (C=O) groups excluding carboxylic acids is 8. The molecule has 464 valence electrons. The van der Waals surface area contributed by atoms with E-state index in [0.29, 0.717) is 0 Å². The summed E-state index contributed by atoms with van der Waals surface area (Å²) in [6.07, 6.45) is 4.55. The summed E-state index contributed by atoms with van der Waals surface area (Å²) in [5.74, 6) is -7.20. The summed E-state index contributed by atoms with van der Waals surface area (Å²) in [5.41, 5.74) is 0.763. The maximum absolute atomic E-state index is 15.1. The third kappa shape index (κ3) is 17.6. The van der Waals surface area contributed by atoms with Gasteiger partial charge in [-0.1, -0.05) is 0 Å². The molecule has 2 aromatic carbocycles. The van der Waals surface area contributed by atoms with E-state index in [1.165, 1.54) is 51.8 Å². The number of alkyl halides is 2. The van der Waals surface area contributed by atoms with Gasteiger partial charge in [0.25, 0.3) is 0 Å². The van der Waals surface area contributed by atoms with E-state index in [4.69, 9.17) is 18.9 Å². The van der Waals surface area contributed by atoms with Gasteiger partial charge in [-0.15, -0.1) is 0 Å². The fraction of sp³-hybridized carbons (Fsp3) is 0.581. The van der Waals surface area contributed by atoms with Gasteiger partial charge in [-0.2, -0.15) is 0 Å². The molecule has 0 saturated carbocycles. The summed E-state index contributed by atoms with van der Waals surface area (Å²) in [6.45, 7) is 25.7. The third-order valence-corrected chi connectivity index (χ3v) is 20.5. The molecule has 5 rings (SSSR count). The fourth-order valence-corrected chi connectivity index (χ4v) is 14.7. The van der Waals surface area contributed by atoms with Crippen LogP contribution >= 0.6 is 0 Å². The molecular formula is C62H88I2N8O12-2. The first-order valence-corrected chi connectivity index (χ1v) is 33.3. The molecule has 2 aromatic heterocycles. The number of rotatable bonds is 16. The van der Waals surface area contributed by atoms with Crippen molar-refractivity contribution in [3.63, 3.8) is 0 Å². The van der Waals surface area contributed by atoms with Crippen molar-refractivity contribution in [2.45, 2.75) is 178 Å². The number of benzene rings is 2. The average Bonchev–Trinajstić information content (AvgIpc) is 3.10. The number of esters is 4. The summed E-state index contributed by atoms with van der Waals surface area (Å²) in [5, 5.41) is 8.88.